The highest BCUT2D eigenvalue weighted by Gasteiger charge is 2.24. The van der Waals surface area contributed by atoms with E-state index in [0.717, 1.165) is 33.3 Å². The molecule has 0 fully saturated rings. The number of nitrogens with one attached hydrogen (secondary N) is 2. The van der Waals surface area contributed by atoms with Gasteiger partial charge < -0.3 is 5.32 Å². The molecule has 6 nitrogen and oxygen atoms in total. The summed E-state index contributed by atoms with van der Waals surface area (Å²) in [5.74, 6) is -0.212. The molecule has 0 aliphatic heterocycles. The summed E-state index contributed by atoms with van der Waals surface area (Å²) in [6.45, 7) is 9.50. The molecule has 0 radical (unpaired) electrons. The molecule has 0 aromatic carbocycles. The van der Waals surface area contributed by atoms with E-state index in [0.29, 0.717) is 4.88 Å². The van der Waals surface area contributed by atoms with Gasteiger partial charge in [0.25, 0.3) is 5.91 Å². The highest BCUT2D eigenvalue weighted by atomic mass is 32.2. The lowest BCUT2D eigenvalue weighted by Gasteiger charge is -2.25. The first-order valence-electron chi connectivity index (χ1n) is 7.54. The highest BCUT2D eigenvalue weighted by Crippen LogP contribution is 2.32. The number of aromatic nitrogens is 1. The van der Waals surface area contributed by atoms with Gasteiger partial charge in [0.2, 0.25) is 10.0 Å². The minimum atomic E-state index is -3.34. The molecule has 2 N–H and O–H groups in total. The molecular weight excluding hydrogens is 346 g/mol. The lowest BCUT2D eigenvalue weighted by Crippen LogP contribution is -2.50. The van der Waals surface area contributed by atoms with E-state index in [1.165, 1.54) is 11.3 Å². The summed E-state index contributed by atoms with van der Waals surface area (Å²) in [6, 6.07) is 2.00. The molecule has 1 amide bonds. The van der Waals surface area contributed by atoms with Crippen molar-refractivity contribution in [3.8, 4) is 0 Å². The molecule has 2 aromatic rings. The van der Waals surface area contributed by atoms with Crippen LogP contribution in [0.5, 0.6) is 0 Å². The second-order valence-corrected chi connectivity index (χ2v) is 9.51. The molecule has 0 aliphatic carbocycles. The maximum absolute atomic E-state index is 12.5. The lowest BCUT2D eigenvalue weighted by atomic mass is 10.1. The minimum absolute atomic E-state index is 0.192. The van der Waals surface area contributed by atoms with Crippen LogP contribution in [-0.2, 0) is 10.0 Å². The van der Waals surface area contributed by atoms with E-state index in [9.17, 15) is 13.2 Å². The second-order valence-electron chi connectivity index (χ2n) is 6.76. The van der Waals surface area contributed by atoms with E-state index >= 15 is 0 Å². The molecule has 132 valence electrons. The number of pyridine rings is 1. The largest absolute Gasteiger partial charge is 0.349 e. The van der Waals surface area contributed by atoms with Crippen molar-refractivity contribution in [2.45, 2.75) is 40.2 Å². The molecule has 0 saturated carbocycles. The van der Waals surface area contributed by atoms with Gasteiger partial charge in [-0.25, -0.2) is 18.1 Å². The van der Waals surface area contributed by atoms with Crippen molar-refractivity contribution >= 4 is 37.5 Å². The number of aryl methyl sites for hydroxylation is 3. The van der Waals surface area contributed by atoms with Crippen LogP contribution in [0.2, 0.25) is 0 Å². The average Bonchev–Trinajstić information content (AvgIpc) is 2.70. The summed E-state index contributed by atoms with van der Waals surface area (Å²) in [6.07, 6.45) is 1.10. The summed E-state index contributed by atoms with van der Waals surface area (Å²) in [5, 5.41) is 3.83. The predicted molar refractivity (Wildman–Crippen MR) is 98.2 cm³/mol. The Morgan fingerprint density at radius 1 is 1.29 bits per heavy atom. The number of thiophene rings is 1. The Morgan fingerprint density at radius 3 is 2.50 bits per heavy atom. The Kier molecular flexibility index (Phi) is 5.03. The quantitative estimate of drug-likeness (QED) is 0.846. The molecule has 0 spiro atoms. The van der Waals surface area contributed by atoms with Gasteiger partial charge in [0.05, 0.1) is 11.1 Å². The Morgan fingerprint density at radius 2 is 1.92 bits per heavy atom. The van der Waals surface area contributed by atoms with Crippen LogP contribution >= 0.6 is 11.3 Å². The number of nitrogens with zero attached hydrogens (tertiary/aromatic N) is 1. The van der Waals surface area contributed by atoms with Gasteiger partial charge >= 0.3 is 0 Å². The predicted octanol–water partition coefficient (Wildman–Crippen LogP) is 2.28. The third-order valence-electron chi connectivity index (χ3n) is 3.58. The van der Waals surface area contributed by atoms with Crippen molar-refractivity contribution in [1.29, 1.82) is 0 Å². The highest BCUT2D eigenvalue weighted by molar-refractivity contribution is 7.88. The van der Waals surface area contributed by atoms with Crippen LogP contribution in [0.3, 0.4) is 0 Å². The second kappa shape index (κ2) is 6.42. The summed E-state index contributed by atoms with van der Waals surface area (Å²) >= 11 is 1.36. The fourth-order valence-corrected chi connectivity index (χ4v) is 5.05. The van der Waals surface area contributed by atoms with Crippen LogP contribution in [0.1, 0.15) is 40.3 Å². The fraction of sp³-hybridized carbons (Fsp3) is 0.500. The van der Waals surface area contributed by atoms with Gasteiger partial charge in [0, 0.05) is 23.2 Å². The molecule has 8 heteroatoms. The van der Waals surface area contributed by atoms with E-state index < -0.39 is 15.6 Å². The molecule has 0 aliphatic rings. The van der Waals surface area contributed by atoms with Crippen LogP contribution in [0.4, 0.5) is 0 Å². The van der Waals surface area contributed by atoms with Gasteiger partial charge in [-0.2, -0.15) is 0 Å². The van der Waals surface area contributed by atoms with Gasteiger partial charge in [-0.15, -0.1) is 11.3 Å². The Balaban J connectivity index is 2.23. The van der Waals surface area contributed by atoms with Gasteiger partial charge in [-0.05, 0) is 51.8 Å². The van der Waals surface area contributed by atoms with Crippen molar-refractivity contribution in [2.75, 3.05) is 12.8 Å². The molecule has 0 bridgehead atoms. The van der Waals surface area contributed by atoms with Crippen molar-refractivity contribution in [2.24, 2.45) is 0 Å². The number of fused-ring (bicyclic) bond motifs is 1. The van der Waals surface area contributed by atoms with E-state index in [2.05, 4.69) is 15.0 Å². The van der Waals surface area contributed by atoms with Crippen LogP contribution < -0.4 is 10.0 Å². The molecule has 0 atom stereocenters. The van der Waals surface area contributed by atoms with E-state index in [-0.39, 0.29) is 12.5 Å². The molecule has 0 saturated heterocycles. The van der Waals surface area contributed by atoms with Gasteiger partial charge in [-0.3, -0.25) is 4.79 Å². The molecule has 2 aromatic heterocycles. The standard InChI is InChI=1S/C16H23N3O3S2/c1-9-7-10(2)18-15-12(9)11(3)13(23-15)14(20)17-8-16(4,5)19-24(6,21)22/h7,19H,8H2,1-6H3,(H,17,20). The number of carbonyl (C=O) groups is 1. The number of amides is 1. The Hall–Kier alpha value is -1.51. The van der Waals surface area contributed by atoms with E-state index in [1.807, 2.05) is 26.8 Å². The third-order valence-corrected chi connectivity index (χ3v) is 5.69. The first-order chi connectivity index (χ1) is 10.9. The SMILES string of the molecule is Cc1cc(C)c2c(C)c(C(=O)NCC(C)(C)NS(C)(=O)=O)sc2n1. The Bertz CT molecular complexity index is 899. The van der Waals surface area contributed by atoms with E-state index in [4.69, 9.17) is 0 Å². The lowest BCUT2D eigenvalue weighted by molar-refractivity contribution is 0.0948. The minimum Gasteiger partial charge on any atom is -0.349 e. The number of hydrogen-bond donors (Lipinski definition) is 2. The number of rotatable bonds is 5. The van der Waals surface area contributed by atoms with Gasteiger partial charge in [0.1, 0.15) is 4.83 Å². The smallest absolute Gasteiger partial charge is 0.261 e. The molecule has 0 unspecified atom stereocenters. The fourth-order valence-electron chi connectivity index (χ4n) is 2.76. The maximum atomic E-state index is 12.5. The number of sulfonamides is 1. The maximum Gasteiger partial charge on any atom is 0.261 e. The average molecular weight is 370 g/mol. The van der Waals surface area contributed by atoms with Crippen LogP contribution in [0, 0.1) is 20.8 Å². The zero-order valence-corrected chi connectivity index (χ0v) is 16.4. The summed E-state index contributed by atoms with van der Waals surface area (Å²) in [5.41, 5.74) is 2.17. The molecule has 24 heavy (non-hydrogen) atoms. The number of carbonyl (C=O) groups excluding carboxylic acids is 1. The van der Waals surface area contributed by atoms with Crippen molar-refractivity contribution in [3.63, 3.8) is 0 Å². The van der Waals surface area contributed by atoms with E-state index in [1.54, 1.807) is 13.8 Å². The zero-order chi connectivity index (χ0) is 18.3. The van der Waals surface area contributed by atoms with Crippen molar-refractivity contribution < 1.29 is 13.2 Å². The third kappa shape index (κ3) is 4.31. The van der Waals surface area contributed by atoms with Crippen LogP contribution in [0.25, 0.3) is 10.2 Å². The zero-order valence-electron chi connectivity index (χ0n) is 14.8. The first-order valence-corrected chi connectivity index (χ1v) is 10.2. The van der Waals surface area contributed by atoms with Crippen molar-refractivity contribution in [3.05, 3.63) is 27.8 Å². The summed E-state index contributed by atoms with van der Waals surface area (Å²) in [4.78, 5) is 18.5. The van der Waals surface area contributed by atoms with Gasteiger partial charge in [0.15, 0.2) is 0 Å². The summed E-state index contributed by atoms with van der Waals surface area (Å²) in [7, 11) is -3.34. The molecule has 2 heterocycles. The Labute approximate surface area is 146 Å². The van der Waals surface area contributed by atoms with Gasteiger partial charge in [-0.1, -0.05) is 0 Å². The topological polar surface area (TPSA) is 88.2 Å². The number of hydrogen-bond acceptors (Lipinski definition) is 5. The monoisotopic (exact) mass is 369 g/mol. The first kappa shape index (κ1) is 18.8. The van der Waals surface area contributed by atoms with Crippen LogP contribution in [-0.4, -0.2) is 37.6 Å². The summed E-state index contributed by atoms with van der Waals surface area (Å²) < 4.78 is 25.3. The molecule has 2 rings (SSSR count). The van der Waals surface area contributed by atoms with Crippen LogP contribution in [0.15, 0.2) is 6.07 Å². The normalized spacial score (nSPS) is 12.6. The van der Waals surface area contributed by atoms with Crippen molar-refractivity contribution in [1.82, 2.24) is 15.0 Å². The molecular formula is C16H23N3O3S2.